The zero-order valence-corrected chi connectivity index (χ0v) is 13.4. The molecule has 0 saturated heterocycles. The highest BCUT2D eigenvalue weighted by molar-refractivity contribution is 6.30. The van der Waals surface area contributed by atoms with E-state index < -0.39 is 5.54 Å². The molecule has 1 atom stereocenters. The SMILES string of the molecule is CCN(CC)CCNC(C)(C#N)Cc1ccc(Cl)cc1. The molecule has 20 heavy (non-hydrogen) atoms. The van der Waals surface area contributed by atoms with Crippen molar-refractivity contribution in [2.75, 3.05) is 26.2 Å². The summed E-state index contributed by atoms with van der Waals surface area (Å²) in [5, 5.41) is 13.5. The van der Waals surface area contributed by atoms with E-state index in [0.29, 0.717) is 6.42 Å². The summed E-state index contributed by atoms with van der Waals surface area (Å²) in [6.07, 6.45) is 0.679. The first-order valence-corrected chi connectivity index (χ1v) is 7.54. The first-order valence-electron chi connectivity index (χ1n) is 7.16. The number of benzene rings is 1. The largest absolute Gasteiger partial charge is 0.303 e. The van der Waals surface area contributed by atoms with Crippen LogP contribution in [0.5, 0.6) is 0 Å². The molecule has 0 aromatic heterocycles. The summed E-state index contributed by atoms with van der Waals surface area (Å²) in [5.41, 5.74) is 0.579. The van der Waals surface area contributed by atoms with E-state index in [9.17, 15) is 5.26 Å². The lowest BCUT2D eigenvalue weighted by Gasteiger charge is -2.26. The molecule has 0 spiro atoms. The highest BCUT2D eigenvalue weighted by Gasteiger charge is 2.23. The molecule has 110 valence electrons. The van der Waals surface area contributed by atoms with Gasteiger partial charge in [0.25, 0.3) is 0 Å². The monoisotopic (exact) mass is 293 g/mol. The molecule has 1 rings (SSSR count). The lowest BCUT2D eigenvalue weighted by molar-refractivity contribution is 0.289. The van der Waals surface area contributed by atoms with Gasteiger partial charge in [0.1, 0.15) is 5.54 Å². The third kappa shape index (κ3) is 5.50. The van der Waals surface area contributed by atoms with Crippen LogP contribution in [0.2, 0.25) is 5.02 Å². The second-order valence-corrected chi connectivity index (χ2v) is 5.64. The van der Waals surface area contributed by atoms with E-state index in [-0.39, 0.29) is 0 Å². The summed E-state index contributed by atoms with van der Waals surface area (Å²) in [6.45, 7) is 10.1. The van der Waals surface area contributed by atoms with Gasteiger partial charge in [-0.3, -0.25) is 5.32 Å². The van der Waals surface area contributed by atoms with Crippen molar-refractivity contribution >= 4 is 11.6 Å². The predicted octanol–water partition coefficient (Wildman–Crippen LogP) is 3.10. The van der Waals surface area contributed by atoms with Gasteiger partial charge in [0.15, 0.2) is 0 Å². The lowest BCUT2D eigenvalue weighted by atomic mass is 9.94. The fraction of sp³-hybridized carbons (Fsp3) is 0.562. The van der Waals surface area contributed by atoms with E-state index in [4.69, 9.17) is 11.6 Å². The molecule has 4 heteroatoms. The van der Waals surface area contributed by atoms with E-state index in [0.717, 1.165) is 36.8 Å². The van der Waals surface area contributed by atoms with Gasteiger partial charge in [0.2, 0.25) is 0 Å². The Hall–Kier alpha value is -1.08. The van der Waals surface area contributed by atoms with Crippen molar-refractivity contribution in [1.29, 1.82) is 5.26 Å². The van der Waals surface area contributed by atoms with Gasteiger partial charge >= 0.3 is 0 Å². The standard InChI is InChI=1S/C16H24ClN3/c1-4-20(5-2)11-10-19-16(3,13-18)12-14-6-8-15(17)9-7-14/h6-9,19H,4-5,10-12H2,1-3H3. The van der Waals surface area contributed by atoms with E-state index in [1.54, 1.807) is 0 Å². The number of hydrogen-bond donors (Lipinski definition) is 1. The number of rotatable bonds is 8. The molecule has 0 saturated carbocycles. The number of likely N-dealkylation sites (N-methyl/N-ethyl adjacent to an activating group) is 1. The summed E-state index contributed by atoms with van der Waals surface area (Å²) >= 11 is 5.88. The quantitative estimate of drug-likeness (QED) is 0.800. The Morgan fingerprint density at radius 1 is 1.25 bits per heavy atom. The molecular formula is C16H24ClN3. The summed E-state index contributed by atoms with van der Waals surface area (Å²) in [7, 11) is 0. The van der Waals surface area contributed by atoms with Crippen LogP contribution >= 0.6 is 11.6 Å². The van der Waals surface area contributed by atoms with E-state index in [1.165, 1.54) is 0 Å². The second kappa shape index (κ2) is 8.26. The van der Waals surface area contributed by atoms with Crippen molar-refractivity contribution in [1.82, 2.24) is 10.2 Å². The van der Waals surface area contributed by atoms with Crippen molar-refractivity contribution in [3.63, 3.8) is 0 Å². The van der Waals surface area contributed by atoms with Crippen LogP contribution in [-0.2, 0) is 6.42 Å². The van der Waals surface area contributed by atoms with Gasteiger partial charge in [-0.2, -0.15) is 5.26 Å². The maximum atomic E-state index is 9.43. The second-order valence-electron chi connectivity index (χ2n) is 5.20. The molecular weight excluding hydrogens is 270 g/mol. The lowest BCUT2D eigenvalue weighted by Crippen LogP contribution is -2.46. The number of hydrogen-bond acceptors (Lipinski definition) is 3. The van der Waals surface area contributed by atoms with Gasteiger partial charge < -0.3 is 4.90 Å². The topological polar surface area (TPSA) is 39.1 Å². The van der Waals surface area contributed by atoms with Crippen LogP contribution in [-0.4, -0.2) is 36.6 Å². The third-order valence-corrected chi connectivity index (χ3v) is 3.81. The van der Waals surface area contributed by atoms with Crippen LogP contribution in [0.1, 0.15) is 26.3 Å². The Labute approximate surface area is 127 Å². The van der Waals surface area contributed by atoms with Gasteiger partial charge in [0, 0.05) is 24.5 Å². The smallest absolute Gasteiger partial charge is 0.108 e. The number of nitriles is 1. The number of nitrogens with zero attached hydrogens (tertiary/aromatic N) is 2. The molecule has 0 aliphatic carbocycles. The maximum Gasteiger partial charge on any atom is 0.108 e. The first-order chi connectivity index (χ1) is 9.53. The zero-order chi connectivity index (χ0) is 15.0. The molecule has 0 heterocycles. The normalized spacial score (nSPS) is 14.0. The molecule has 0 bridgehead atoms. The highest BCUT2D eigenvalue weighted by Crippen LogP contribution is 2.15. The first kappa shape index (κ1) is 17.0. The van der Waals surface area contributed by atoms with Crippen LogP contribution in [0.25, 0.3) is 0 Å². The Balaban J connectivity index is 2.54. The van der Waals surface area contributed by atoms with E-state index in [2.05, 4.69) is 30.1 Å². The third-order valence-electron chi connectivity index (χ3n) is 3.56. The summed E-state index contributed by atoms with van der Waals surface area (Å²) < 4.78 is 0. The van der Waals surface area contributed by atoms with Gasteiger partial charge in [-0.05, 0) is 37.7 Å². The summed E-state index contributed by atoms with van der Waals surface area (Å²) in [5.74, 6) is 0. The molecule has 0 radical (unpaired) electrons. The van der Waals surface area contributed by atoms with E-state index in [1.807, 2.05) is 31.2 Å². The maximum absolute atomic E-state index is 9.43. The molecule has 0 amide bonds. The van der Waals surface area contributed by atoms with Crippen molar-refractivity contribution in [3.05, 3.63) is 34.9 Å². The molecule has 1 aromatic rings. The van der Waals surface area contributed by atoms with Gasteiger partial charge in [-0.15, -0.1) is 0 Å². The fourth-order valence-corrected chi connectivity index (χ4v) is 2.31. The van der Waals surface area contributed by atoms with Crippen LogP contribution < -0.4 is 5.32 Å². The molecule has 1 unspecified atom stereocenters. The molecule has 3 nitrogen and oxygen atoms in total. The average Bonchev–Trinajstić information content (AvgIpc) is 2.46. The minimum atomic E-state index is -0.541. The molecule has 1 N–H and O–H groups in total. The van der Waals surface area contributed by atoms with Crippen molar-refractivity contribution < 1.29 is 0 Å². The van der Waals surface area contributed by atoms with E-state index >= 15 is 0 Å². The van der Waals surface area contributed by atoms with Crippen LogP contribution in [0.3, 0.4) is 0 Å². The Bertz CT molecular complexity index is 434. The fourth-order valence-electron chi connectivity index (χ4n) is 2.18. The molecule has 1 aromatic carbocycles. The summed E-state index contributed by atoms with van der Waals surface area (Å²) in [4.78, 5) is 2.34. The molecule has 0 aliphatic rings. The minimum Gasteiger partial charge on any atom is -0.303 e. The van der Waals surface area contributed by atoms with Crippen LogP contribution in [0.15, 0.2) is 24.3 Å². The van der Waals surface area contributed by atoms with Crippen LogP contribution in [0.4, 0.5) is 0 Å². The molecule has 0 fully saturated rings. The Morgan fingerprint density at radius 3 is 2.35 bits per heavy atom. The van der Waals surface area contributed by atoms with Gasteiger partial charge in [0.05, 0.1) is 6.07 Å². The highest BCUT2D eigenvalue weighted by atomic mass is 35.5. The predicted molar refractivity (Wildman–Crippen MR) is 85.0 cm³/mol. The Kier molecular flexibility index (Phi) is 7.01. The van der Waals surface area contributed by atoms with Crippen molar-refractivity contribution in [2.24, 2.45) is 0 Å². The minimum absolute atomic E-state index is 0.541. The number of halogens is 1. The van der Waals surface area contributed by atoms with Crippen LogP contribution in [0, 0.1) is 11.3 Å². The van der Waals surface area contributed by atoms with Crippen molar-refractivity contribution in [2.45, 2.75) is 32.7 Å². The number of nitrogens with one attached hydrogen (secondary N) is 1. The van der Waals surface area contributed by atoms with Crippen molar-refractivity contribution in [3.8, 4) is 6.07 Å². The Morgan fingerprint density at radius 2 is 1.85 bits per heavy atom. The molecule has 0 aliphatic heterocycles. The average molecular weight is 294 g/mol. The summed E-state index contributed by atoms with van der Waals surface area (Å²) in [6, 6.07) is 10.1. The van der Waals surface area contributed by atoms with Gasteiger partial charge in [-0.25, -0.2) is 0 Å². The zero-order valence-electron chi connectivity index (χ0n) is 12.6. The van der Waals surface area contributed by atoms with Gasteiger partial charge in [-0.1, -0.05) is 37.6 Å².